The third kappa shape index (κ3) is 2.49. The Balaban J connectivity index is 2.40. The zero-order valence-corrected chi connectivity index (χ0v) is 10.2. The van der Waals surface area contributed by atoms with Gasteiger partial charge in [0.05, 0.1) is 12.7 Å². The third-order valence-electron chi connectivity index (χ3n) is 2.41. The summed E-state index contributed by atoms with van der Waals surface area (Å²) in [6, 6.07) is 6.95. The number of aromatic nitrogens is 1. The zero-order chi connectivity index (χ0) is 13.1. The predicted octanol–water partition coefficient (Wildman–Crippen LogP) is 3.11. The molecule has 0 saturated heterocycles. The number of rotatable bonds is 3. The second-order valence-corrected chi connectivity index (χ2v) is 3.93. The molecule has 18 heavy (non-hydrogen) atoms. The number of halogens is 2. The summed E-state index contributed by atoms with van der Waals surface area (Å²) in [6.07, 6.45) is 1.40. The van der Waals surface area contributed by atoms with Gasteiger partial charge in [-0.2, -0.15) is 0 Å². The molecule has 0 amide bonds. The van der Waals surface area contributed by atoms with Gasteiger partial charge >= 0.3 is 0 Å². The van der Waals surface area contributed by atoms with E-state index in [4.69, 9.17) is 16.3 Å². The Bertz CT molecular complexity index is 601. The van der Waals surface area contributed by atoms with Crippen LogP contribution in [0.5, 0.6) is 5.75 Å². The number of benzene rings is 1. The van der Waals surface area contributed by atoms with Crippen molar-refractivity contribution in [2.45, 2.75) is 0 Å². The number of ether oxygens (including phenoxy) is 1. The second kappa shape index (κ2) is 5.14. The highest BCUT2D eigenvalue weighted by atomic mass is 35.5. The maximum atomic E-state index is 13.7. The Kier molecular flexibility index (Phi) is 3.58. The van der Waals surface area contributed by atoms with E-state index >= 15 is 0 Å². The molecule has 1 heterocycles. The van der Waals surface area contributed by atoms with Crippen LogP contribution in [0.3, 0.4) is 0 Å². The quantitative estimate of drug-likeness (QED) is 0.632. The van der Waals surface area contributed by atoms with E-state index in [1.807, 2.05) is 0 Å². The first-order valence-electron chi connectivity index (χ1n) is 5.11. The first kappa shape index (κ1) is 12.5. The summed E-state index contributed by atoms with van der Waals surface area (Å²) in [5.41, 5.74) is 0.261. The Hall–Kier alpha value is -1.94. The summed E-state index contributed by atoms with van der Waals surface area (Å²) in [5, 5.41) is 0.190. The molecule has 0 bridgehead atoms. The first-order chi connectivity index (χ1) is 8.61. The molecule has 92 valence electrons. The molecule has 3 nitrogen and oxygen atoms in total. The maximum Gasteiger partial charge on any atom is 0.196 e. The number of ketones is 1. The number of methoxy groups -OCH3 is 1. The van der Waals surface area contributed by atoms with Crippen LogP contribution < -0.4 is 4.74 Å². The highest BCUT2D eigenvalue weighted by molar-refractivity contribution is 6.30. The molecular formula is C13H9ClFNO2. The minimum atomic E-state index is -0.632. The Morgan fingerprint density at radius 3 is 2.72 bits per heavy atom. The van der Waals surface area contributed by atoms with Crippen molar-refractivity contribution >= 4 is 17.4 Å². The van der Waals surface area contributed by atoms with Crippen molar-refractivity contribution in [3.05, 3.63) is 58.6 Å². The van der Waals surface area contributed by atoms with Crippen molar-refractivity contribution in [3.63, 3.8) is 0 Å². The van der Waals surface area contributed by atoms with Crippen molar-refractivity contribution in [2.24, 2.45) is 0 Å². The van der Waals surface area contributed by atoms with E-state index in [0.29, 0.717) is 11.3 Å². The van der Waals surface area contributed by atoms with Gasteiger partial charge in [-0.05, 0) is 24.3 Å². The standard InChI is InChI=1S/C13H9ClFNO2/c1-18-9-2-3-10(11(15)7-9)13(17)8-4-5-16-12(14)6-8/h2-7H,1H3. The fourth-order valence-corrected chi connectivity index (χ4v) is 1.68. The topological polar surface area (TPSA) is 39.2 Å². The van der Waals surface area contributed by atoms with Gasteiger partial charge in [0.15, 0.2) is 5.78 Å². The monoisotopic (exact) mass is 265 g/mol. The van der Waals surface area contributed by atoms with Crippen molar-refractivity contribution in [3.8, 4) is 5.75 Å². The molecule has 2 rings (SSSR count). The summed E-state index contributed by atoms with van der Waals surface area (Å²) in [4.78, 5) is 15.8. The van der Waals surface area contributed by atoms with Crippen molar-refractivity contribution in [1.29, 1.82) is 0 Å². The number of hydrogen-bond donors (Lipinski definition) is 0. The Labute approximate surface area is 108 Å². The van der Waals surface area contributed by atoms with Gasteiger partial charge in [-0.15, -0.1) is 0 Å². The Morgan fingerprint density at radius 2 is 2.11 bits per heavy atom. The average Bonchev–Trinajstić information content (AvgIpc) is 2.37. The minimum absolute atomic E-state index is 0.0296. The van der Waals surface area contributed by atoms with E-state index in [0.717, 1.165) is 6.07 Å². The van der Waals surface area contributed by atoms with Crippen LogP contribution in [0.15, 0.2) is 36.5 Å². The zero-order valence-electron chi connectivity index (χ0n) is 9.48. The minimum Gasteiger partial charge on any atom is -0.497 e. The van der Waals surface area contributed by atoms with Gasteiger partial charge in [0, 0.05) is 17.8 Å². The van der Waals surface area contributed by atoms with Gasteiger partial charge in [-0.1, -0.05) is 11.6 Å². The largest absolute Gasteiger partial charge is 0.497 e. The van der Waals surface area contributed by atoms with Gasteiger partial charge in [-0.25, -0.2) is 9.37 Å². The van der Waals surface area contributed by atoms with Gasteiger partial charge in [-0.3, -0.25) is 4.79 Å². The molecular weight excluding hydrogens is 257 g/mol. The van der Waals surface area contributed by atoms with Crippen LogP contribution in [0, 0.1) is 5.82 Å². The second-order valence-electron chi connectivity index (χ2n) is 3.54. The first-order valence-corrected chi connectivity index (χ1v) is 5.49. The fourth-order valence-electron chi connectivity index (χ4n) is 1.51. The Morgan fingerprint density at radius 1 is 1.33 bits per heavy atom. The van der Waals surface area contributed by atoms with Gasteiger partial charge in [0.25, 0.3) is 0 Å². The molecule has 0 aliphatic rings. The van der Waals surface area contributed by atoms with Crippen LogP contribution in [0.4, 0.5) is 4.39 Å². The SMILES string of the molecule is COc1ccc(C(=O)c2ccnc(Cl)c2)c(F)c1. The molecule has 0 unspecified atom stereocenters. The smallest absolute Gasteiger partial charge is 0.196 e. The lowest BCUT2D eigenvalue weighted by Gasteiger charge is -2.05. The number of carbonyl (C=O) groups excluding carboxylic acids is 1. The van der Waals surface area contributed by atoms with Gasteiger partial charge in [0.1, 0.15) is 16.7 Å². The lowest BCUT2D eigenvalue weighted by atomic mass is 10.0. The average molecular weight is 266 g/mol. The van der Waals surface area contributed by atoms with Crippen LogP contribution in [0.2, 0.25) is 5.15 Å². The molecule has 0 N–H and O–H groups in total. The molecule has 1 aromatic carbocycles. The highest BCUT2D eigenvalue weighted by Crippen LogP contribution is 2.20. The van der Waals surface area contributed by atoms with Gasteiger partial charge in [0.2, 0.25) is 0 Å². The molecule has 2 aromatic rings. The van der Waals surface area contributed by atoms with E-state index in [9.17, 15) is 9.18 Å². The molecule has 0 fully saturated rings. The third-order valence-corrected chi connectivity index (χ3v) is 2.62. The number of hydrogen-bond acceptors (Lipinski definition) is 3. The molecule has 5 heteroatoms. The van der Waals surface area contributed by atoms with E-state index in [-0.39, 0.29) is 10.7 Å². The van der Waals surface area contributed by atoms with Crippen LogP contribution in [-0.4, -0.2) is 17.9 Å². The fraction of sp³-hybridized carbons (Fsp3) is 0.0769. The van der Waals surface area contributed by atoms with E-state index in [1.165, 1.54) is 37.6 Å². The molecule has 0 aliphatic heterocycles. The number of nitrogens with zero attached hydrogens (tertiary/aromatic N) is 1. The van der Waals surface area contributed by atoms with E-state index < -0.39 is 11.6 Å². The normalized spacial score (nSPS) is 10.2. The predicted molar refractivity (Wildman–Crippen MR) is 65.6 cm³/mol. The molecule has 1 aromatic heterocycles. The van der Waals surface area contributed by atoms with Crippen LogP contribution in [0.25, 0.3) is 0 Å². The summed E-state index contributed by atoms with van der Waals surface area (Å²) < 4.78 is 18.6. The van der Waals surface area contributed by atoms with Crippen molar-refractivity contribution in [2.75, 3.05) is 7.11 Å². The van der Waals surface area contributed by atoms with E-state index in [1.54, 1.807) is 0 Å². The lowest BCUT2D eigenvalue weighted by molar-refractivity contribution is 0.103. The van der Waals surface area contributed by atoms with Crippen LogP contribution >= 0.6 is 11.6 Å². The van der Waals surface area contributed by atoms with Crippen molar-refractivity contribution < 1.29 is 13.9 Å². The highest BCUT2D eigenvalue weighted by Gasteiger charge is 2.15. The van der Waals surface area contributed by atoms with Crippen LogP contribution in [0.1, 0.15) is 15.9 Å². The number of carbonyl (C=O) groups is 1. The maximum absolute atomic E-state index is 13.7. The van der Waals surface area contributed by atoms with Crippen molar-refractivity contribution in [1.82, 2.24) is 4.98 Å². The summed E-state index contributed by atoms with van der Waals surface area (Å²) in [5.74, 6) is -0.719. The molecule has 0 atom stereocenters. The molecule has 0 saturated carbocycles. The lowest BCUT2D eigenvalue weighted by Crippen LogP contribution is -2.04. The number of pyridine rings is 1. The summed E-state index contributed by atoms with van der Waals surface area (Å²) in [7, 11) is 1.43. The van der Waals surface area contributed by atoms with Crippen LogP contribution in [-0.2, 0) is 0 Å². The summed E-state index contributed by atoms with van der Waals surface area (Å²) >= 11 is 5.69. The van der Waals surface area contributed by atoms with E-state index in [2.05, 4.69) is 4.98 Å². The van der Waals surface area contributed by atoms with Gasteiger partial charge < -0.3 is 4.74 Å². The molecule has 0 spiro atoms. The molecule has 0 radical (unpaired) electrons. The molecule has 0 aliphatic carbocycles. The summed E-state index contributed by atoms with van der Waals surface area (Å²) in [6.45, 7) is 0.